The molecule has 0 bridgehead atoms. The lowest BCUT2D eigenvalue weighted by atomic mass is 10.3. The molecule has 0 saturated heterocycles. The van der Waals surface area contributed by atoms with Crippen molar-refractivity contribution in [1.29, 1.82) is 0 Å². The third-order valence-corrected chi connectivity index (χ3v) is 2.89. The molecule has 21 heavy (non-hydrogen) atoms. The van der Waals surface area contributed by atoms with Crippen LogP contribution in [0.25, 0.3) is 0 Å². The first-order chi connectivity index (χ1) is 10.1. The van der Waals surface area contributed by atoms with Gasteiger partial charge in [0.1, 0.15) is 6.54 Å². The summed E-state index contributed by atoms with van der Waals surface area (Å²) in [6, 6.07) is 5.91. The number of amides is 2. The van der Waals surface area contributed by atoms with Gasteiger partial charge in [0.05, 0.1) is 6.20 Å². The standard InChI is InChI=1S/C13H13ClN4O3/c14-10-2-1-3-11(4-10)18(8-12(19)20)13(21)15-5-9-6-16-17-7-9/h1-4,6-7H,5,8H2,(H,15,21)(H,16,17)(H,19,20). The molecule has 0 spiro atoms. The maximum atomic E-state index is 12.2. The van der Waals surface area contributed by atoms with E-state index in [0.29, 0.717) is 10.7 Å². The summed E-state index contributed by atoms with van der Waals surface area (Å²) >= 11 is 5.87. The van der Waals surface area contributed by atoms with Crippen molar-refractivity contribution in [3.8, 4) is 0 Å². The fourth-order valence-corrected chi connectivity index (χ4v) is 1.89. The Balaban J connectivity index is 2.11. The molecule has 2 rings (SSSR count). The minimum atomic E-state index is -1.12. The quantitative estimate of drug-likeness (QED) is 0.785. The molecule has 0 atom stereocenters. The van der Waals surface area contributed by atoms with Crippen molar-refractivity contribution < 1.29 is 14.7 Å². The Bertz CT molecular complexity index is 630. The Morgan fingerprint density at radius 1 is 1.43 bits per heavy atom. The number of carboxylic acid groups (broad SMARTS) is 1. The van der Waals surface area contributed by atoms with Crippen LogP contribution < -0.4 is 10.2 Å². The van der Waals surface area contributed by atoms with Crippen LogP contribution in [0.15, 0.2) is 36.7 Å². The molecule has 8 heteroatoms. The predicted octanol–water partition coefficient (Wildman–Crippen LogP) is 1.86. The van der Waals surface area contributed by atoms with Gasteiger partial charge in [-0.05, 0) is 18.2 Å². The van der Waals surface area contributed by atoms with E-state index >= 15 is 0 Å². The van der Waals surface area contributed by atoms with Crippen molar-refractivity contribution in [3.63, 3.8) is 0 Å². The molecule has 7 nitrogen and oxygen atoms in total. The van der Waals surface area contributed by atoms with Gasteiger partial charge in [0.2, 0.25) is 0 Å². The number of hydrogen-bond acceptors (Lipinski definition) is 3. The zero-order valence-corrected chi connectivity index (χ0v) is 11.7. The summed E-state index contributed by atoms with van der Waals surface area (Å²) in [6.07, 6.45) is 3.21. The van der Waals surface area contributed by atoms with E-state index < -0.39 is 18.5 Å². The number of benzene rings is 1. The number of aromatic amines is 1. The van der Waals surface area contributed by atoms with Gasteiger partial charge in [-0.15, -0.1) is 0 Å². The number of aliphatic carboxylic acids is 1. The predicted molar refractivity (Wildman–Crippen MR) is 77.3 cm³/mol. The largest absolute Gasteiger partial charge is 0.480 e. The molecular weight excluding hydrogens is 296 g/mol. The number of carboxylic acids is 1. The van der Waals surface area contributed by atoms with Gasteiger partial charge in [0, 0.05) is 29.0 Å². The Kier molecular flexibility index (Phi) is 4.78. The highest BCUT2D eigenvalue weighted by Gasteiger charge is 2.18. The number of nitrogens with zero attached hydrogens (tertiary/aromatic N) is 2. The van der Waals surface area contributed by atoms with E-state index in [4.69, 9.17) is 16.7 Å². The number of nitrogens with one attached hydrogen (secondary N) is 2. The van der Waals surface area contributed by atoms with Crippen LogP contribution in [-0.2, 0) is 11.3 Å². The van der Waals surface area contributed by atoms with Crippen molar-refractivity contribution in [3.05, 3.63) is 47.2 Å². The number of anilines is 1. The molecule has 0 saturated carbocycles. The monoisotopic (exact) mass is 308 g/mol. The molecule has 0 unspecified atom stereocenters. The third kappa shape index (κ3) is 4.22. The van der Waals surface area contributed by atoms with Crippen molar-refractivity contribution in [2.75, 3.05) is 11.4 Å². The highest BCUT2D eigenvalue weighted by atomic mass is 35.5. The van der Waals surface area contributed by atoms with Crippen molar-refractivity contribution in [2.24, 2.45) is 0 Å². The van der Waals surface area contributed by atoms with Crippen molar-refractivity contribution in [2.45, 2.75) is 6.54 Å². The molecule has 110 valence electrons. The maximum absolute atomic E-state index is 12.2. The lowest BCUT2D eigenvalue weighted by molar-refractivity contribution is -0.135. The van der Waals surface area contributed by atoms with E-state index in [1.54, 1.807) is 30.6 Å². The van der Waals surface area contributed by atoms with Gasteiger partial charge in [-0.25, -0.2) is 4.79 Å². The van der Waals surface area contributed by atoms with Crippen LogP contribution in [0.1, 0.15) is 5.56 Å². The molecule has 1 aromatic carbocycles. The lowest BCUT2D eigenvalue weighted by Crippen LogP contribution is -2.42. The summed E-state index contributed by atoms with van der Waals surface area (Å²) in [5, 5.41) is 18.4. The molecular formula is C13H13ClN4O3. The molecule has 0 aliphatic heterocycles. The number of halogens is 1. The van der Waals surface area contributed by atoms with Gasteiger partial charge in [0.15, 0.2) is 0 Å². The zero-order chi connectivity index (χ0) is 15.2. The summed E-state index contributed by atoms with van der Waals surface area (Å²) in [5.41, 5.74) is 1.19. The molecule has 0 fully saturated rings. The fourth-order valence-electron chi connectivity index (χ4n) is 1.71. The van der Waals surface area contributed by atoms with Gasteiger partial charge in [-0.2, -0.15) is 5.10 Å². The summed E-state index contributed by atoms with van der Waals surface area (Å²) in [6.45, 7) is -0.219. The maximum Gasteiger partial charge on any atom is 0.323 e. The van der Waals surface area contributed by atoms with Gasteiger partial charge >= 0.3 is 12.0 Å². The first kappa shape index (κ1) is 14.9. The number of aromatic nitrogens is 2. The first-order valence-electron chi connectivity index (χ1n) is 6.06. The first-order valence-corrected chi connectivity index (χ1v) is 6.44. The average Bonchev–Trinajstić information content (AvgIpc) is 2.95. The second-order valence-corrected chi connectivity index (χ2v) is 4.66. The Labute approximate surface area is 125 Å². The minimum Gasteiger partial charge on any atom is -0.480 e. The second kappa shape index (κ2) is 6.76. The normalized spacial score (nSPS) is 10.1. The van der Waals surface area contributed by atoms with Crippen LogP contribution in [0, 0.1) is 0 Å². The Morgan fingerprint density at radius 3 is 2.86 bits per heavy atom. The summed E-state index contributed by atoms with van der Waals surface area (Å²) in [7, 11) is 0. The zero-order valence-electron chi connectivity index (χ0n) is 10.9. The second-order valence-electron chi connectivity index (χ2n) is 4.23. The van der Waals surface area contributed by atoms with Crippen LogP contribution in [0.3, 0.4) is 0 Å². The van der Waals surface area contributed by atoms with Crippen molar-refractivity contribution in [1.82, 2.24) is 15.5 Å². The molecule has 3 N–H and O–H groups in total. The van der Waals surface area contributed by atoms with Gasteiger partial charge in [-0.3, -0.25) is 14.8 Å². The molecule has 1 aromatic heterocycles. The summed E-state index contributed by atoms with van der Waals surface area (Å²) in [5.74, 6) is -1.12. The van der Waals surface area contributed by atoms with E-state index in [2.05, 4.69) is 15.5 Å². The number of rotatable bonds is 5. The number of H-pyrrole nitrogens is 1. The van der Waals surface area contributed by atoms with Crippen LogP contribution in [0.5, 0.6) is 0 Å². The van der Waals surface area contributed by atoms with Crippen LogP contribution in [0.2, 0.25) is 5.02 Å². The summed E-state index contributed by atoms with van der Waals surface area (Å²) < 4.78 is 0. The average molecular weight is 309 g/mol. The molecule has 2 amide bonds. The van der Waals surface area contributed by atoms with Crippen LogP contribution in [-0.4, -0.2) is 33.8 Å². The van der Waals surface area contributed by atoms with Gasteiger partial charge in [-0.1, -0.05) is 17.7 Å². The molecule has 0 aliphatic rings. The number of carbonyl (C=O) groups excluding carboxylic acids is 1. The molecule has 0 aliphatic carbocycles. The number of carbonyl (C=O) groups is 2. The number of urea groups is 1. The fraction of sp³-hybridized carbons (Fsp3) is 0.154. The van der Waals surface area contributed by atoms with E-state index in [-0.39, 0.29) is 6.54 Å². The van der Waals surface area contributed by atoms with E-state index in [1.807, 2.05) is 0 Å². The highest BCUT2D eigenvalue weighted by molar-refractivity contribution is 6.30. The molecule has 0 radical (unpaired) electrons. The number of hydrogen-bond donors (Lipinski definition) is 3. The lowest BCUT2D eigenvalue weighted by Gasteiger charge is -2.21. The van der Waals surface area contributed by atoms with Gasteiger partial charge in [0.25, 0.3) is 0 Å². The highest BCUT2D eigenvalue weighted by Crippen LogP contribution is 2.19. The van der Waals surface area contributed by atoms with Crippen molar-refractivity contribution >= 4 is 29.3 Å². The summed E-state index contributed by atoms with van der Waals surface area (Å²) in [4.78, 5) is 24.2. The Hall–Kier alpha value is -2.54. The SMILES string of the molecule is O=C(O)CN(C(=O)NCc1cn[nH]c1)c1cccc(Cl)c1. The van der Waals surface area contributed by atoms with Gasteiger partial charge < -0.3 is 10.4 Å². The Morgan fingerprint density at radius 2 is 2.24 bits per heavy atom. The molecule has 2 aromatic rings. The minimum absolute atomic E-state index is 0.242. The van der Waals surface area contributed by atoms with E-state index in [1.165, 1.54) is 6.07 Å². The van der Waals surface area contributed by atoms with E-state index in [9.17, 15) is 9.59 Å². The smallest absolute Gasteiger partial charge is 0.323 e. The van der Waals surface area contributed by atoms with E-state index in [0.717, 1.165) is 10.5 Å². The van der Waals surface area contributed by atoms with Crippen LogP contribution in [0.4, 0.5) is 10.5 Å². The third-order valence-electron chi connectivity index (χ3n) is 2.66. The molecule has 1 heterocycles. The van der Waals surface area contributed by atoms with Crippen LogP contribution >= 0.6 is 11.6 Å². The topological polar surface area (TPSA) is 98.3 Å².